The Morgan fingerprint density at radius 2 is 1.86 bits per heavy atom. The van der Waals surface area contributed by atoms with Crippen molar-refractivity contribution in [3.63, 3.8) is 0 Å². The van der Waals surface area contributed by atoms with Crippen LogP contribution in [0, 0.1) is 11.3 Å². The summed E-state index contributed by atoms with van der Waals surface area (Å²) in [4.78, 5) is 41.3. The van der Waals surface area contributed by atoms with E-state index >= 15 is 0 Å². The molecule has 2 aromatic heterocycles. The molecule has 0 bridgehead atoms. The number of nitrogens with zero attached hydrogens (tertiary/aromatic N) is 8. The summed E-state index contributed by atoms with van der Waals surface area (Å²) in [6, 6.07) is 6.52. The van der Waals surface area contributed by atoms with Gasteiger partial charge in [-0.15, -0.1) is 0 Å². The predicted molar refractivity (Wildman–Crippen MR) is 160 cm³/mol. The minimum absolute atomic E-state index is 0.0489. The molecule has 5 rings (SSSR count). The van der Waals surface area contributed by atoms with Crippen molar-refractivity contribution < 1.29 is 14.3 Å². The van der Waals surface area contributed by atoms with Crippen LogP contribution in [0.1, 0.15) is 64.3 Å². The highest BCUT2D eigenvalue weighted by Gasteiger charge is 2.38. The highest BCUT2D eigenvalue weighted by molar-refractivity contribution is 6.35. The van der Waals surface area contributed by atoms with Crippen molar-refractivity contribution in [2.75, 3.05) is 37.6 Å². The van der Waals surface area contributed by atoms with Gasteiger partial charge < -0.3 is 14.5 Å². The minimum atomic E-state index is -0.627. The number of piperazine rings is 1. The van der Waals surface area contributed by atoms with Gasteiger partial charge in [-0.1, -0.05) is 29.3 Å². The second-order valence-electron chi connectivity index (χ2n) is 11.6. The first-order valence-electron chi connectivity index (χ1n) is 14.1. The Kier molecular flexibility index (Phi) is 8.49. The Bertz CT molecular complexity index is 1540. The van der Waals surface area contributed by atoms with Gasteiger partial charge in [-0.2, -0.15) is 10.4 Å². The molecule has 2 saturated heterocycles. The Hall–Kier alpha value is -3.62. The van der Waals surface area contributed by atoms with E-state index in [1.165, 1.54) is 0 Å². The first kappa shape index (κ1) is 29.9. The molecule has 2 amide bonds. The highest BCUT2D eigenvalue weighted by Crippen LogP contribution is 2.31. The molecule has 2 atom stereocenters. The number of carbonyl (C=O) groups excluding carboxylic acids is 2. The fourth-order valence-corrected chi connectivity index (χ4v) is 6.03. The van der Waals surface area contributed by atoms with Crippen LogP contribution in [0.5, 0.6) is 0 Å². The zero-order chi connectivity index (χ0) is 30.2. The van der Waals surface area contributed by atoms with Gasteiger partial charge in [0.15, 0.2) is 11.3 Å². The molecule has 3 aromatic rings. The van der Waals surface area contributed by atoms with Crippen molar-refractivity contribution >= 4 is 52.2 Å². The molecule has 2 aliphatic heterocycles. The number of likely N-dealkylation sites (tertiary alicyclic amines) is 1. The number of fused-ring (bicyclic) bond motifs is 1. The molecule has 1 unspecified atom stereocenters. The first-order chi connectivity index (χ1) is 20.0. The molecule has 4 heterocycles. The van der Waals surface area contributed by atoms with E-state index in [-0.39, 0.29) is 17.6 Å². The van der Waals surface area contributed by atoms with Gasteiger partial charge in [0, 0.05) is 42.8 Å². The Morgan fingerprint density at radius 1 is 1.12 bits per heavy atom. The molecular weight excluding hydrogens is 579 g/mol. The summed E-state index contributed by atoms with van der Waals surface area (Å²) >= 11 is 12.6. The fourth-order valence-electron chi connectivity index (χ4n) is 5.46. The Balaban J connectivity index is 1.32. The van der Waals surface area contributed by atoms with Crippen molar-refractivity contribution in [3.05, 3.63) is 45.7 Å². The maximum Gasteiger partial charge on any atom is 0.410 e. The lowest BCUT2D eigenvalue weighted by Gasteiger charge is -2.41. The lowest BCUT2D eigenvalue weighted by molar-refractivity contribution is -0.138. The van der Waals surface area contributed by atoms with Crippen LogP contribution < -0.4 is 4.90 Å². The van der Waals surface area contributed by atoms with E-state index in [2.05, 4.69) is 21.1 Å². The number of anilines is 1. The van der Waals surface area contributed by atoms with Crippen molar-refractivity contribution in [1.82, 2.24) is 29.5 Å². The first-order valence-corrected chi connectivity index (χ1v) is 14.9. The number of benzene rings is 1. The standard InChI is InChI=1S/C29H34Cl2N8O3/c1-18(20-9-8-19(30)15-21(20)31)39-26-25(22(16-32)35-39)33-17-24(34-26)36-11-13-37(14-12-36)27(40)23-7-5-6-10-38(23)28(41)42-29(2,3)4/h8-9,15,17-18,23H,5-7,10-14H2,1-4H3/t18?,23-/m1/s1. The van der Waals surface area contributed by atoms with Gasteiger partial charge in [0.25, 0.3) is 0 Å². The van der Waals surface area contributed by atoms with Crippen molar-refractivity contribution in [3.8, 4) is 6.07 Å². The largest absolute Gasteiger partial charge is 0.444 e. The SMILES string of the molecule is CC(c1ccc(Cl)cc1Cl)n1nc(C#N)c2ncc(N3CCN(C(=O)[C@H]4CCCCN4C(=O)OC(C)(C)C)CC3)nc21. The summed E-state index contributed by atoms with van der Waals surface area (Å²) < 4.78 is 7.24. The van der Waals surface area contributed by atoms with Crippen LogP contribution in [0.25, 0.3) is 11.2 Å². The molecule has 13 heteroatoms. The number of amides is 2. The van der Waals surface area contributed by atoms with Crippen molar-refractivity contribution in [2.45, 2.75) is 64.6 Å². The normalized spacial score (nSPS) is 18.6. The van der Waals surface area contributed by atoms with Gasteiger partial charge in [-0.25, -0.2) is 19.4 Å². The third-order valence-electron chi connectivity index (χ3n) is 7.61. The molecule has 0 radical (unpaired) electrons. The average Bonchev–Trinajstić information content (AvgIpc) is 3.34. The van der Waals surface area contributed by atoms with E-state index in [1.807, 2.05) is 38.7 Å². The van der Waals surface area contributed by atoms with Crippen LogP contribution in [-0.4, -0.2) is 85.9 Å². The predicted octanol–water partition coefficient (Wildman–Crippen LogP) is 5.05. The van der Waals surface area contributed by atoms with Crippen LogP contribution in [0.3, 0.4) is 0 Å². The summed E-state index contributed by atoms with van der Waals surface area (Å²) in [5.41, 5.74) is 1.22. The molecule has 222 valence electrons. The fraction of sp³-hybridized carbons (Fsp3) is 0.517. The summed E-state index contributed by atoms with van der Waals surface area (Å²) in [5.74, 6) is 0.579. The van der Waals surface area contributed by atoms with Gasteiger partial charge in [0.05, 0.1) is 12.2 Å². The zero-order valence-corrected chi connectivity index (χ0v) is 25.7. The Labute approximate surface area is 254 Å². The van der Waals surface area contributed by atoms with E-state index in [1.54, 1.807) is 27.9 Å². The molecule has 2 aliphatic rings. The smallest absolute Gasteiger partial charge is 0.410 e. The molecule has 0 aliphatic carbocycles. The van der Waals surface area contributed by atoms with Crippen molar-refractivity contribution in [2.24, 2.45) is 0 Å². The summed E-state index contributed by atoms with van der Waals surface area (Å²) in [7, 11) is 0. The number of rotatable bonds is 4. The second-order valence-corrected chi connectivity index (χ2v) is 12.5. The Morgan fingerprint density at radius 3 is 2.52 bits per heavy atom. The lowest BCUT2D eigenvalue weighted by Crippen LogP contribution is -2.57. The van der Waals surface area contributed by atoms with E-state index < -0.39 is 17.7 Å². The molecule has 1 aromatic carbocycles. The number of nitriles is 1. The number of ether oxygens (including phenoxy) is 1. The third-order valence-corrected chi connectivity index (χ3v) is 8.17. The number of halogens is 2. The van der Waals surface area contributed by atoms with E-state index in [9.17, 15) is 14.9 Å². The van der Waals surface area contributed by atoms with Gasteiger partial charge in [0.2, 0.25) is 5.91 Å². The van der Waals surface area contributed by atoms with Gasteiger partial charge in [0.1, 0.15) is 29.0 Å². The number of aromatic nitrogens is 4. The van der Waals surface area contributed by atoms with Crippen LogP contribution in [0.4, 0.5) is 10.6 Å². The van der Waals surface area contributed by atoms with Gasteiger partial charge in [-0.05, 0) is 64.7 Å². The molecule has 11 nitrogen and oxygen atoms in total. The zero-order valence-electron chi connectivity index (χ0n) is 24.2. The van der Waals surface area contributed by atoms with Crippen molar-refractivity contribution in [1.29, 1.82) is 5.26 Å². The molecule has 0 N–H and O–H groups in total. The number of hydrogen-bond donors (Lipinski definition) is 0. The minimum Gasteiger partial charge on any atom is -0.444 e. The third kappa shape index (κ3) is 6.10. The summed E-state index contributed by atoms with van der Waals surface area (Å²) in [6.07, 6.45) is 3.57. The van der Waals surface area contributed by atoms with Gasteiger partial charge in [-0.3, -0.25) is 9.69 Å². The van der Waals surface area contributed by atoms with Crippen LogP contribution >= 0.6 is 23.2 Å². The number of piperidine rings is 1. The molecule has 42 heavy (non-hydrogen) atoms. The molecular formula is C29H34Cl2N8O3. The van der Waals surface area contributed by atoms with Crippen LogP contribution in [-0.2, 0) is 9.53 Å². The maximum atomic E-state index is 13.6. The second kappa shape index (κ2) is 11.9. The quantitative estimate of drug-likeness (QED) is 0.401. The summed E-state index contributed by atoms with van der Waals surface area (Å²) in [5, 5.41) is 15.2. The topological polar surface area (TPSA) is 120 Å². The average molecular weight is 614 g/mol. The number of hydrogen-bond acceptors (Lipinski definition) is 8. The molecule has 0 saturated carbocycles. The lowest BCUT2D eigenvalue weighted by atomic mass is 10.0. The van der Waals surface area contributed by atoms with Crippen LogP contribution in [0.15, 0.2) is 24.4 Å². The monoisotopic (exact) mass is 612 g/mol. The van der Waals surface area contributed by atoms with E-state index in [0.717, 1.165) is 18.4 Å². The highest BCUT2D eigenvalue weighted by atomic mass is 35.5. The van der Waals surface area contributed by atoms with Gasteiger partial charge >= 0.3 is 6.09 Å². The maximum absolute atomic E-state index is 13.6. The summed E-state index contributed by atoms with van der Waals surface area (Å²) in [6.45, 7) is 9.97. The number of carbonyl (C=O) groups is 2. The van der Waals surface area contributed by atoms with Crippen LogP contribution in [0.2, 0.25) is 10.0 Å². The van der Waals surface area contributed by atoms with E-state index in [4.69, 9.17) is 32.9 Å². The molecule has 2 fully saturated rings. The molecule has 0 spiro atoms. The van der Waals surface area contributed by atoms with E-state index in [0.29, 0.717) is 66.2 Å².